The number of pyridine rings is 1. The van der Waals surface area contributed by atoms with Gasteiger partial charge in [-0.15, -0.1) is 0 Å². The Hall–Kier alpha value is -3.82. The maximum atomic E-state index is 14.7. The molecule has 0 radical (unpaired) electrons. The fraction of sp³-hybridized carbons (Fsp3) is 0.136. The van der Waals surface area contributed by atoms with Crippen molar-refractivity contribution >= 4 is 11.9 Å². The number of rotatable bonds is 3. The average Bonchev–Trinajstić information content (AvgIpc) is 2.98. The number of nitrogens with zero attached hydrogens (tertiary/aromatic N) is 3. The molecule has 3 aromatic rings. The average molecular weight is 446 g/mol. The van der Waals surface area contributed by atoms with Crippen LogP contribution in [0.3, 0.4) is 0 Å². The van der Waals surface area contributed by atoms with Crippen LogP contribution in [0.5, 0.6) is 0 Å². The van der Waals surface area contributed by atoms with Crippen LogP contribution in [0.2, 0.25) is 0 Å². The smallest absolute Gasteiger partial charge is 0.369 e. The Bertz CT molecular complexity index is 1240. The van der Waals surface area contributed by atoms with Gasteiger partial charge in [0.05, 0.1) is 0 Å². The molecule has 164 valence electrons. The molecule has 32 heavy (non-hydrogen) atoms. The van der Waals surface area contributed by atoms with Gasteiger partial charge in [-0.2, -0.15) is 13.2 Å². The third-order valence-electron chi connectivity index (χ3n) is 5.20. The van der Waals surface area contributed by atoms with Crippen molar-refractivity contribution in [2.24, 2.45) is 10.7 Å². The highest BCUT2D eigenvalue weighted by Crippen LogP contribution is 2.42. The second kappa shape index (κ2) is 7.40. The third-order valence-corrected chi connectivity index (χ3v) is 5.20. The molecule has 0 spiro atoms. The zero-order valence-electron chi connectivity index (χ0n) is 16.5. The number of likely N-dealkylation sites (N-methyl/N-ethyl adjacent to an activating group) is 1. The number of guanidine groups is 1. The highest BCUT2D eigenvalue weighted by molar-refractivity contribution is 6.09. The van der Waals surface area contributed by atoms with Gasteiger partial charge in [0.1, 0.15) is 17.3 Å². The van der Waals surface area contributed by atoms with Gasteiger partial charge in [0.2, 0.25) is 0 Å². The number of carbonyl (C=O) groups is 1. The number of aromatic nitrogens is 1. The van der Waals surface area contributed by atoms with E-state index < -0.39 is 35.0 Å². The lowest BCUT2D eigenvalue weighted by Gasteiger charge is -2.27. The Labute approximate surface area is 179 Å². The van der Waals surface area contributed by atoms with Crippen LogP contribution in [0, 0.1) is 11.6 Å². The third kappa shape index (κ3) is 3.47. The zero-order chi connectivity index (χ0) is 23.3. The number of benzene rings is 2. The van der Waals surface area contributed by atoms with E-state index >= 15 is 0 Å². The first-order valence-corrected chi connectivity index (χ1v) is 9.26. The van der Waals surface area contributed by atoms with Crippen molar-refractivity contribution in [2.45, 2.75) is 11.7 Å². The van der Waals surface area contributed by atoms with Crippen molar-refractivity contribution in [1.82, 2.24) is 9.88 Å². The van der Waals surface area contributed by atoms with Crippen LogP contribution in [0.1, 0.15) is 16.8 Å². The second-order valence-corrected chi connectivity index (χ2v) is 7.21. The van der Waals surface area contributed by atoms with E-state index in [4.69, 9.17) is 5.73 Å². The molecule has 2 heterocycles. The van der Waals surface area contributed by atoms with Crippen LogP contribution < -0.4 is 5.73 Å². The number of nitrogens with two attached hydrogens (primary N) is 1. The molecule has 1 unspecified atom stereocenters. The number of alkyl halides is 3. The van der Waals surface area contributed by atoms with Crippen molar-refractivity contribution in [3.63, 3.8) is 0 Å². The first-order valence-electron chi connectivity index (χ1n) is 9.26. The Balaban J connectivity index is 1.98. The number of aliphatic imine (C=N–C) groups is 1. The summed E-state index contributed by atoms with van der Waals surface area (Å²) in [6.45, 7) is 0. The highest BCUT2D eigenvalue weighted by atomic mass is 19.4. The van der Waals surface area contributed by atoms with E-state index in [1.165, 1.54) is 43.4 Å². The predicted octanol–water partition coefficient (Wildman–Crippen LogP) is 4.08. The lowest BCUT2D eigenvalue weighted by molar-refractivity contribution is -0.141. The molecule has 2 N–H and O–H groups in total. The molecule has 0 bridgehead atoms. The summed E-state index contributed by atoms with van der Waals surface area (Å²) in [5, 5.41) is 0. The summed E-state index contributed by atoms with van der Waals surface area (Å²) in [7, 11) is 1.31. The van der Waals surface area contributed by atoms with Crippen molar-refractivity contribution in [3.05, 3.63) is 89.2 Å². The monoisotopic (exact) mass is 446 g/mol. The summed E-state index contributed by atoms with van der Waals surface area (Å²) in [4.78, 5) is 21.7. The van der Waals surface area contributed by atoms with Crippen LogP contribution in [0.4, 0.5) is 22.0 Å². The van der Waals surface area contributed by atoms with E-state index in [9.17, 15) is 26.7 Å². The molecule has 0 fully saturated rings. The lowest BCUT2D eigenvalue weighted by Crippen LogP contribution is -2.41. The molecule has 1 aromatic heterocycles. The number of halogens is 5. The fourth-order valence-electron chi connectivity index (χ4n) is 3.60. The highest BCUT2D eigenvalue weighted by Gasteiger charge is 2.50. The largest absolute Gasteiger partial charge is 0.433 e. The van der Waals surface area contributed by atoms with Gasteiger partial charge < -0.3 is 5.73 Å². The summed E-state index contributed by atoms with van der Waals surface area (Å²) in [6.07, 6.45) is -3.88. The maximum Gasteiger partial charge on any atom is 0.433 e. The number of amides is 1. The quantitative estimate of drug-likeness (QED) is 0.617. The SMILES string of the molecule is CN1C(=O)C(c2cc(F)cc(-c3ccc(F)cc3)c2)(c2ccnc(C(F)(F)F)c2)N=C1N. The molecule has 0 aliphatic carbocycles. The van der Waals surface area contributed by atoms with Crippen molar-refractivity contribution < 1.29 is 26.7 Å². The molecule has 0 saturated heterocycles. The normalized spacial score (nSPS) is 18.8. The Morgan fingerprint density at radius 3 is 2.19 bits per heavy atom. The van der Waals surface area contributed by atoms with E-state index in [-0.39, 0.29) is 22.6 Å². The lowest BCUT2D eigenvalue weighted by atomic mass is 9.81. The summed E-state index contributed by atoms with van der Waals surface area (Å²) < 4.78 is 67.9. The number of hydrogen-bond donors (Lipinski definition) is 1. The van der Waals surface area contributed by atoms with Crippen molar-refractivity contribution in [2.75, 3.05) is 7.05 Å². The Morgan fingerprint density at radius 1 is 0.906 bits per heavy atom. The van der Waals surface area contributed by atoms with Crippen molar-refractivity contribution in [1.29, 1.82) is 0 Å². The van der Waals surface area contributed by atoms with Crippen LogP contribution in [-0.2, 0) is 16.5 Å². The molecule has 2 aromatic carbocycles. The first-order chi connectivity index (χ1) is 15.0. The molecule has 10 heteroatoms. The van der Waals surface area contributed by atoms with Crippen LogP contribution in [-0.4, -0.2) is 28.8 Å². The van der Waals surface area contributed by atoms with E-state index in [0.717, 1.165) is 23.2 Å². The number of carbonyl (C=O) groups excluding carboxylic acids is 1. The van der Waals surface area contributed by atoms with Crippen LogP contribution in [0.25, 0.3) is 11.1 Å². The molecular weight excluding hydrogens is 431 g/mol. The minimum Gasteiger partial charge on any atom is -0.369 e. The molecule has 1 atom stereocenters. The molecule has 0 saturated carbocycles. The Kier molecular flexibility index (Phi) is 4.95. The summed E-state index contributed by atoms with van der Waals surface area (Å²) in [5.74, 6) is -2.26. The summed E-state index contributed by atoms with van der Waals surface area (Å²) in [6, 6.07) is 10.7. The van der Waals surface area contributed by atoms with Gasteiger partial charge in [-0.3, -0.25) is 14.7 Å². The number of hydrogen-bond acceptors (Lipinski definition) is 4. The molecule has 4 rings (SSSR count). The summed E-state index contributed by atoms with van der Waals surface area (Å²) in [5.41, 5.74) is 3.04. The molecule has 1 aliphatic rings. The van der Waals surface area contributed by atoms with Gasteiger partial charge in [0, 0.05) is 13.2 Å². The molecule has 1 aliphatic heterocycles. The van der Waals surface area contributed by atoms with E-state index in [1.807, 2.05) is 0 Å². The van der Waals surface area contributed by atoms with Crippen LogP contribution in [0.15, 0.2) is 65.8 Å². The van der Waals surface area contributed by atoms with Gasteiger partial charge in [-0.25, -0.2) is 13.8 Å². The molecular formula is C22H15F5N4O. The van der Waals surface area contributed by atoms with Gasteiger partial charge in [-0.05, 0) is 64.7 Å². The van der Waals surface area contributed by atoms with Crippen LogP contribution >= 0.6 is 0 Å². The molecule has 1 amide bonds. The van der Waals surface area contributed by atoms with Gasteiger partial charge in [0.15, 0.2) is 11.5 Å². The minimum atomic E-state index is -4.78. The van der Waals surface area contributed by atoms with Gasteiger partial charge >= 0.3 is 6.18 Å². The summed E-state index contributed by atoms with van der Waals surface area (Å²) >= 11 is 0. The van der Waals surface area contributed by atoms with E-state index in [2.05, 4.69) is 9.98 Å². The predicted molar refractivity (Wildman–Crippen MR) is 106 cm³/mol. The zero-order valence-corrected chi connectivity index (χ0v) is 16.5. The second-order valence-electron chi connectivity index (χ2n) is 7.21. The van der Waals surface area contributed by atoms with Gasteiger partial charge in [0.25, 0.3) is 5.91 Å². The van der Waals surface area contributed by atoms with Crippen molar-refractivity contribution in [3.8, 4) is 11.1 Å². The minimum absolute atomic E-state index is 0.0338. The first kappa shape index (κ1) is 21.4. The maximum absolute atomic E-state index is 14.7. The topological polar surface area (TPSA) is 71.6 Å². The van der Waals surface area contributed by atoms with E-state index in [1.54, 1.807) is 0 Å². The van der Waals surface area contributed by atoms with Gasteiger partial charge in [-0.1, -0.05) is 12.1 Å². The fourth-order valence-corrected chi connectivity index (χ4v) is 3.60. The van der Waals surface area contributed by atoms with E-state index in [0.29, 0.717) is 11.6 Å². The molecule has 5 nitrogen and oxygen atoms in total. The Morgan fingerprint density at radius 2 is 1.59 bits per heavy atom. The standard InChI is InChI=1S/C22H15F5N4O/c1-31-19(32)21(30-20(31)28,14-6-7-29-18(11-14)22(25,26)27)15-8-13(9-17(24)10-15)12-2-4-16(23)5-3-12/h2-11H,1H3,(H2,28,30).